The van der Waals surface area contributed by atoms with Crippen molar-refractivity contribution in [2.24, 2.45) is 0 Å². The van der Waals surface area contributed by atoms with E-state index in [-0.39, 0.29) is 5.75 Å². The van der Waals surface area contributed by atoms with Crippen LogP contribution < -0.4 is 10.6 Å². The summed E-state index contributed by atoms with van der Waals surface area (Å²) in [7, 11) is 0. The molecule has 0 fully saturated rings. The number of nitrogens with one attached hydrogen (secondary N) is 2. The highest BCUT2D eigenvalue weighted by Crippen LogP contribution is 2.29. The van der Waals surface area contributed by atoms with Crippen molar-refractivity contribution in [1.29, 1.82) is 0 Å². The van der Waals surface area contributed by atoms with Gasteiger partial charge in [0.2, 0.25) is 5.91 Å². The van der Waals surface area contributed by atoms with Gasteiger partial charge in [0, 0.05) is 29.4 Å². The summed E-state index contributed by atoms with van der Waals surface area (Å²) in [6, 6.07) is 15.1. The fourth-order valence-corrected chi connectivity index (χ4v) is 4.63. The highest BCUT2D eigenvalue weighted by molar-refractivity contribution is 7.99. The third-order valence-electron chi connectivity index (χ3n) is 4.75. The summed E-state index contributed by atoms with van der Waals surface area (Å²) in [5, 5.41) is 16.3. The predicted molar refractivity (Wildman–Crippen MR) is 130 cm³/mol. The Kier molecular flexibility index (Phi) is 7.48. The van der Waals surface area contributed by atoms with Gasteiger partial charge in [0.1, 0.15) is 0 Å². The van der Waals surface area contributed by atoms with Crippen molar-refractivity contribution < 1.29 is 9.59 Å². The van der Waals surface area contributed by atoms with Gasteiger partial charge in [0.25, 0.3) is 0 Å². The lowest BCUT2D eigenvalue weighted by molar-refractivity contribution is -0.117. The fraction of sp³-hybridized carbons (Fsp3) is 0.174. The minimum absolute atomic E-state index is 0.0265. The molecule has 0 aliphatic rings. The molecular weight excluding hydrogens is 456 g/mol. The van der Waals surface area contributed by atoms with Crippen LogP contribution in [0.15, 0.2) is 71.5 Å². The monoisotopic (exact) mass is 478 g/mol. The number of aryl methyl sites for hydroxylation is 1. The van der Waals surface area contributed by atoms with Crippen LogP contribution >= 0.6 is 23.1 Å². The van der Waals surface area contributed by atoms with Crippen LogP contribution in [0.4, 0.5) is 4.79 Å². The van der Waals surface area contributed by atoms with Gasteiger partial charge in [0.15, 0.2) is 11.0 Å². The summed E-state index contributed by atoms with van der Waals surface area (Å²) in [5.74, 6) is 0.276. The average molecular weight is 479 g/mol. The third kappa shape index (κ3) is 5.85. The van der Waals surface area contributed by atoms with Crippen molar-refractivity contribution in [3.8, 4) is 17.1 Å². The largest absolute Gasteiger partial charge is 0.337 e. The van der Waals surface area contributed by atoms with Crippen LogP contribution in [0.1, 0.15) is 10.4 Å². The first-order valence-corrected chi connectivity index (χ1v) is 12.1. The highest BCUT2D eigenvalue weighted by Gasteiger charge is 2.19. The number of imide groups is 1. The summed E-state index contributed by atoms with van der Waals surface area (Å²) in [4.78, 5) is 29.6. The smallest absolute Gasteiger partial charge is 0.321 e. The first-order chi connectivity index (χ1) is 16.1. The van der Waals surface area contributed by atoms with Crippen LogP contribution in [-0.2, 0) is 11.2 Å². The Morgan fingerprint density at radius 2 is 1.88 bits per heavy atom. The number of carbonyl (C=O) groups excluding carboxylic acids is 2. The molecule has 168 valence electrons. The van der Waals surface area contributed by atoms with Gasteiger partial charge in [-0.05, 0) is 48.6 Å². The maximum Gasteiger partial charge on any atom is 0.321 e. The number of para-hydroxylation sites is 1. The molecule has 3 aromatic heterocycles. The quantitative estimate of drug-likeness (QED) is 0.373. The maximum absolute atomic E-state index is 12.4. The highest BCUT2D eigenvalue weighted by atomic mass is 32.2. The maximum atomic E-state index is 12.4. The van der Waals surface area contributed by atoms with Crippen molar-refractivity contribution >= 4 is 35.0 Å². The van der Waals surface area contributed by atoms with E-state index in [4.69, 9.17) is 0 Å². The summed E-state index contributed by atoms with van der Waals surface area (Å²) < 4.78 is 1.92. The minimum Gasteiger partial charge on any atom is -0.337 e. The normalized spacial score (nSPS) is 10.7. The SMILES string of the molecule is Cc1ccccc1-n1c(SCC(=O)NC(=O)NCCc2cccs2)nnc1-c1ccncc1. The molecule has 0 spiro atoms. The number of nitrogens with zero attached hydrogens (tertiary/aromatic N) is 4. The molecule has 0 saturated heterocycles. The van der Waals surface area contributed by atoms with Crippen LogP contribution in [0.3, 0.4) is 0 Å². The van der Waals surface area contributed by atoms with E-state index >= 15 is 0 Å². The third-order valence-corrected chi connectivity index (χ3v) is 6.62. The lowest BCUT2D eigenvalue weighted by Gasteiger charge is -2.12. The molecule has 2 N–H and O–H groups in total. The molecule has 0 saturated carbocycles. The first kappa shape index (κ1) is 22.7. The zero-order valence-corrected chi connectivity index (χ0v) is 19.5. The van der Waals surface area contributed by atoms with Gasteiger partial charge in [-0.1, -0.05) is 36.0 Å². The van der Waals surface area contributed by atoms with E-state index in [1.165, 1.54) is 16.6 Å². The van der Waals surface area contributed by atoms with E-state index in [9.17, 15) is 9.59 Å². The Balaban J connectivity index is 1.42. The molecule has 3 heterocycles. The Labute approximate surface area is 199 Å². The van der Waals surface area contributed by atoms with Crippen LogP contribution in [0, 0.1) is 6.92 Å². The number of benzene rings is 1. The fourth-order valence-electron chi connectivity index (χ4n) is 3.17. The molecule has 0 radical (unpaired) electrons. The van der Waals surface area contributed by atoms with Crippen LogP contribution in [-0.4, -0.2) is 44.0 Å². The predicted octanol–water partition coefficient (Wildman–Crippen LogP) is 3.86. The molecule has 1 aromatic carbocycles. The number of hydrogen-bond acceptors (Lipinski definition) is 7. The first-order valence-electron chi connectivity index (χ1n) is 10.3. The summed E-state index contributed by atoms with van der Waals surface area (Å²) in [5.41, 5.74) is 2.83. The van der Waals surface area contributed by atoms with Gasteiger partial charge in [-0.2, -0.15) is 0 Å². The summed E-state index contributed by atoms with van der Waals surface area (Å²) >= 11 is 2.86. The Hall–Kier alpha value is -3.50. The van der Waals surface area contributed by atoms with E-state index in [0.717, 1.165) is 23.2 Å². The van der Waals surface area contributed by atoms with Gasteiger partial charge in [-0.15, -0.1) is 21.5 Å². The molecule has 8 nitrogen and oxygen atoms in total. The number of amides is 3. The lowest BCUT2D eigenvalue weighted by atomic mass is 10.2. The van der Waals surface area contributed by atoms with E-state index in [1.807, 2.05) is 65.4 Å². The molecule has 4 aromatic rings. The van der Waals surface area contributed by atoms with E-state index < -0.39 is 11.9 Å². The number of thiophene rings is 1. The van der Waals surface area contributed by atoms with Crippen LogP contribution in [0.25, 0.3) is 17.1 Å². The van der Waals surface area contributed by atoms with Crippen molar-refractivity contribution in [1.82, 2.24) is 30.4 Å². The number of carbonyl (C=O) groups is 2. The molecule has 10 heteroatoms. The lowest BCUT2D eigenvalue weighted by Crippen LogP contribution is -2.41. The Morgan fingerprint density at radius 3 is 2.64 bits per heavy atom. The second-order valence-corrected chi connectivity index (χ2v) is 9.06. The summed E-state index contributed by atoms with van der Waals surface area (Å²) in [6.45, 7) is 2.47. The topological polar surface area (TPSA) is 102 Å². The zero-order chi connectivity index (χ0) is 23.0. The second kappa shape index (κ2) is 10.9. The Bertz CT molecular complexity index is 1230. The number of pyridine rings is 1. The van der Waals surface area contributed by atoms with Gasteiger partial charge < -0.3 is 5.32 Å². The van der Waals surface area contributed by atoms with Crippen molar-refractivity contribution in [2.45, 2.75) is 18.5 Å². The van der Waals surface area contributed by atoms with Crippen LogP contribution in [0.5, 0.6) is 0 Å². The van der Waals surface area contributed by atoms with Gasteiger partial charge in [0.05, 0.1) is 11.4 Å². The van der Waals surface area contributed by atoms with Crippen LogP contribution in [0.2, 0.25) is 0 Å². The van der Waals surface area contributed by atoms with E-state index in [0.29, 0.717) is 17.5 Å². The van der Waals surface area contributed by atoms with Gasteiger partial charge in [-0.25, -0.2) is 4.79 Å². The molecule has 3 amide bonds. The Morgan fingerprint density at radius 1 is 1.06 bits per heavy atom. The number of aromatic nitrogens is 4. The van der Waals surface area contributed by atoms with E-state index in [2.05, 4.69) is 25.8 Å². The van der Waals surface area contributed by atoms with Gasteiger partial charge in [-0.3, -0.25) is 19.7 Å². The number of rotatable bonds is 8. The number of urea groups is 1. The van der Waals surface area contributed by atoms with Crippen molar-refractivity contribution in [3.63, 3.8) is 0 Å². The molecule has 0 bridgehead atoms. The molecule has 33 heavy (non-hydrogen) atoms. The minimum atomic E-state index is -0.505. The van der Waals surface area contributed by atoms with Crippen molar-refractivity contribution in [3.05, 3.63) is 76.7 Å². The zero-order valence-electron chi connectivity index (χ0n) is 17.9. The summed E-state index contributed by atoms with van der Waals surface area (Å²) in [6.07, 6.45) is 4.12. The second-order valence-electron chi connectivity index (χ2n) is 7.09. The standard InChI is InChI=1S/C23H22N6O2S2/c1-16-5-2-3-7-19(16)29-21(17-8-11-24-12-9-17)27-28-23(29)33-15-20(30)26-22(31)25-13-10-18-6-4-14-32-18/h2-9,11-12,14H,10,13,15H2,1H3,(H2,25,26,30,31). The molecule has 0 unspecified atom stereocenters. The van der Waals surface area contributed by atoms with Gasteiger partial charge >= 0.3 is 6.03 Å². The molecular formula is C23H22N6O2S2. The molecule has 0 aliphatic carbocycles. The van der Waals surface area contributed by atoms with E-state index in [1.54, 1.807) is 23.7 Å². The molecule has 0 aliphatic heterocycles. The molecule has 4 rings (SSSR count). The number of thioether (sulfide) groups is 1. The van der Waals surface area contributed by atoms with Crippen molar-refractivity contribution in [2.75, 3.05) is 12.3 Å². The molecule has 0 atom stereocenters. The average Bonchev–Trinajstić information content (AvgIpc) is 3.49. The number of hydrogen-bond donors (Lipinski definition) is 2.